The van der Waals surface area contributed by atoms with E-state index in [2.05, 4.69) is 57.9 Å². The molecule has 7 aromatic rings. The molecule has 7 aliphatic rings. The average Bonchev–Trinajstić information content (AvgIpc) is 1.71. The van der Waals surface area contributed by atoms with Crippen molar-refractivity contribution in [2.45, 2.75) is 219 Å². The van der Waals surface area contributed by atoms with Crippen molar-refractivity contribution in [1.82, 2.24) is 59.3 Å². The number of nitrogen functional groups attached to an aromatic ring is 2. The standard InChI is InChI=1S/C99H130N16O18/c1-60-16-12-11-13-17-61(2)80(126-8)51-75-25-19-66(7)99(125,133-75)91(121)95(123)114-31-15-14-18-76(114)96(124)132-81(52-77(116)62(3)45-65(6)89(120)90(128-10)88(119)64(5)44-60)63(4)46-67-21-26-79(82(48-67)127-9)131-85(118)28-22-69-53-102-97(103-54-69)112-39-37-110(38-40-112)84(117)30-42-129-43-41-109-33-35-111(36-34-109)98-104-55-74(56-105-98)94(122)113-32-29-70-47-68(20-23-72(70)58-113)57-115-93-86(92(101)106-59-107-93)87(108-115)71-24-27-78-73(49-71)50-83(100)130-78/h11-13,16-17,20,23-24,27,45,47,49-50,53-56,59-60,62-64,66-67,75-76,79-82,89-90,120,125H,14-15,18-19,21-22,25-26,28-44,46,48,51-52,57-58,100H2,1-10H3,(H2,101,106,107)/b13-11+,16-12+,61-17+,65-45+/t60-,62-,63-,64-,66-,67+,75+,76+,79-,80+,81+,82-,89-,90+,99-/m1/s1. The second kappa shape index (κ2) is 44.8. The third-order valence-electron chi connectivity index (χ3n) is 27.8. The fourth-order valence-electron chi connectivity index (χ4n) is 19.7. The SMILES string of the molecule is CO[C@H]1C[C@@H]2CC[C@@H](C)[C@@](O)(O2)C(=O)C(=O)N2CCCC[C@H]2C(=O)O[C@H]([C@H](C)C[C@@H]2CC[C@@H](OC(=O)CCc3cnc(N4CCN(C(=O)CCOCCN5CCN(c6ncc(C(=O)N7CCc8cc(Cn9nc(-c%10ccc%11oc(N)cc%11c%10)c%10c(N)ncnc%109)ccc8C7)cn6)CC5)CC4)nc3)[C@H](OC)C2)CC(=O)[C@H](C)/C=C(\C)[C@@H](O)[C@@H](OC)C(=O)[C@H](C)C[C@H](C)/C=C/C=C/C=C/1C. The predicted octanol–water partition coefficient (Wildman–Crippen LogP) is 9.79. The number of benzene rings is 2. The minimum atomic E-state index is -2.49. The van der Waals surface area contributed by atoms with E-state index in [9.17, 15) is 48.6 Å². The summed E-state index contributed by atoms with van der Waals surface area (Å²) in [5.74, 6) is -7.43. The molecule has 14 rings (SSSR count). The van der Waals surface area contributed by atoms with Crippen molar-refractivity contribution < 1.29 is 86.1 Å². The Bertz CT molecular complexity index is 5390. The summed E-state index contributed by atoms with van der Waals surface area (Å²) >= 11 is 0. The number of rotatable bonds is 22. The maximum atomic E-state index is 14.8. The van der Waals surface area contributed by atoms with Gasteiger partial charge < -0.3 is 83.8 Å². The first-order valence-electron chi connectivity index (χ1n) is 47.1. The highest BCUT2D eigenvalue weighted by Gasteiger charge is 2.53. The van der Waals surface area contributed by atoms with Crippen LogP contribution in [0.15, 0.2) is 126 Å². The molecule has 5 aromatic heterocycles. The Kier molecular flexibility index (Phi) is 33.0. The molecule has 1 saturated carbocycles. The number of nitrogens with two attached hydrogens (primary N) is 2. The van der Waals surface area contributed by atoms with Crippen molar-refractivity contribution in [2.75, 3.05) is 128 Å². The number of carbonyl (C=O) groups is 8. The number of piperidine rings is 1. The van der Waals surface area contributed by atoms with Gasteiger partial charge in [0.15, 0.2) is 17.3 Å². The van der Waals surface area contributed by atoms with Crippen LogP contribution in [-0.2, 0) is 92.7 Å². The fourth-order valence-corrected chi connectivity index (χ4v) is 19.7. The van der Waals surface area contributed by atoms with Gasteiger partial charge in [0.2, 0.25) is 23.6 Å². The maximum Gasteiger partial charge on any atom is 0.329 e. The first-order chi connectivity index (χ1) is 64.0. The van der Waals surface area contributed by atoms with Crippen LogP contribution in [0.2, 0.25) is 0 Å². The number of ketones is 3. The van der Waals surface area contributed by atoms with Crippen LogP contribution in [0, 0.1) is 35.5 Å². The number of cyclic esters (lactones) is 1. The van der Waals surface area contributed by atoms with Gasteiger partial charge in [-0.3, -0.25) is 38.5 Å². The quantitative estimate of drug-likeness (QED) is 0.0212. The van der Waals surface area contributed by atoms with Gasteiger partial charge in [-0.2, -0.15) is 5.10 Å². The van der Waals surface area contributed by atoms with Gasteiger partial charge in [-0.1, -0.05) is 89.3 Å². The monoisotopic (exact) mass is 1830 g/mol. The second-order valence-electron chi connectivity index (χ2n) is 37.2. The number of piperazine rings is 2. The molecule has 34 nitrogen and oxygen atoms in total. The summed E-state index contributed by atoms with van der Waals surface area (Å²) in [5, 5.41) is 30.4. The van der Waals surface area contributed by atoms with E-state index in [-0.39, 0.29) is 73.9 Å². The summed E-state index contributed by atoms with van der Waals surface area (Å²) in [4.78, 5) is 152. The smallest absolute Gasteiger partial charge is 0.329 e. The molecule has 11 heterocycles. The lowest BCUT2D eigenvalue weighted by molar-refractivity contribution is -0.265. The number of aromatic nitrogens is 8. The topological polar surface area (TPSA) is 421 Å². The summed E-state index contributed by atoms with van der Waals surface area (Å²) < 4.78 is 49.8. The summed E-state index contributed by atoms with van der Waals surface area (Å²) in [5.41, 5.74) is 20.8. The molecule has 34 heteroatoms. The molecule has 0 unspecified atom stereocenters. The summed E-state index contributed by atoms with van der Waals surface area (Å²) in [6.45, 7) is 20.7. The lowest BCUT2D eigenvalue weighted by atomic mass is 9.78. The van der Waals surface area contributed by atoms with Crippen LogP contribution >= 0.6 is 0 Å². The number of aliphatic hydroxyl groups is 2. The highest BCUT2D eigenvalue weighted by atomic mass is 16.6. The number of aliphatic hydroxyl groups excluding tert-OH is 1. The number of amides is 3. The Morgan fingerprint density at radius 1 is 0.707 bits per heavy atom. The highest BCUT2D eigenvalue weighted by molar-refractivity contribution is 6.39. The number of esters is 2. The molecule has 2 bridgehead atoms. The molecule has 0 radical (unpaired) electrons. The van der Waals surface area contributed by atoms with E-state index in [0.717, 1.165) is 46.3 Å². The maximum absolute atomic E-state index is 14.8. The molecule has 1 aliphatic carbocycles. The molecule has 6 N–H and O–H groups in total. The van der Waals surface area contributed by atoms with Gasteiger partial charge >= 0.3 is 11.9 Å². The fraction of sp³-hybridized carbons (Fsp3) is 0.566. The predicted molar refractivity (Wildman–Crippen MR) is 498 cm³/mol. The number of methoxy groups -OCH3 is 3. The molecule has 15 atom stereocenters. The Morgan fingerprint density at radius 2 is 1.45 bits per heavy atom. The van der Waals surface area contributed by atoms with E-state index in [1.807, 2.05) is 88.7 Å². The van der Waals surface area contributed by atoms with Gasteiger partial charge in [0.1, 0.15) is 59.7 Å². The zero-order valence-electron chi connectivity index (χ0n) is 78.2. The van der Waals surface area contributed by atoms with Crippen molar-refractivity contribution in [1.29, 1.82) is 0 Å². The summed E-state index contributed by atoms with van der Waals surface area (Å²) in [7, 11) is 4.51. The third kappa shape index (κ3) is 24.0. The molecule has 0 spiro atoms. The number of ether oxygens (including phenoxy) is 7. The van der Waals surface area contributed by atoms with Crippen LogP contribution in [0.1, 0.15) is 171 Å². The van der Waals surface area contributed by atoms with Crippen molar-refractivity contribution in [3.63, 3.8) is 0 Å². The van der Waals surface area contributed by atoms with E-state index in [4.69, 9.17) is 54.1 Å². The molecule has 5 fully saturated rings. The van der Waals surface area contributed by atoms with Crippen LogP contribution in [0.5, 0.6) is 0 Å². The van der Waals surface area contributed by atoms with Gasteiger partial charge in [-0.05, 0) is 160 Å². The number of allylic oxidation sites excluding steroid dienone is 6. The minimum Gasteiger partial charge on any atom is -0.460 e. The van der Waals surface area contributed by atoms with Crippen LogP contribution in [0.3, 0.4) is 0 Å². The van der Waals surface area contributed by atoms with Crippen LogP contribution in [0.4, 0.5) is 23.6 Å². The number of carbonyl (C=O) groups excluding carboxylic acids is 8. The first kappa shape index (κ1) is 97.9. The van der Waals surface area contributed by atoms with Gasteiger partial charge in [-0.25, -0.2) is 39.4 Å². The molecular formula is C99H130N16O18. The minimum absolute atomic E-state index is 0.0212. The number of nitrogens with zero attached hydrogens (tertiary/aromatic N) is 14. The van der Waals surface area contributed by atoms with Crippen molar-refractivity contribution in [2.24, 2.45) is 35.5 Å². The largest absolute Gasteiger partial charge is 0.460 e. The Hall–Kier alpha value is -11.1. The molecule has 4 saturated heterocycles. The van der Waals surface area contributed by atoms with Crippen molar-refractivity contribution >= 4 is 92.6 Å². The third-order valence-corrected chi connectivity index (χ3v) is 27.8. The second-order valence-corrected chi connectivity index (χ2v) is 37.2. The van der Waals surface area contributed by atoms with E-state index < -0.39 is 102 Å². The molecular weight excluding hydrogens is 1700 g/mol. The molecule has 3 amide bonds. The Balaban J connectivity index is 0.499. The van der Waals surface area contributed by atoms with Crippen molar-refractivity contribution in [3.8, 4) is 11.3 Å². The van der Waals surface area contributed by atoms with Crippen LogP contribution in [-0.4, -0.2) is 278 Å². The van der Waals surface area contributed by atoms with Gasteiger partial charge in [0.05, 0.1) is 55.4 Å². The van der Waals surface area contributed by atoms with Crippen LogP contribution < -0.4 is 21.3 Å². The summed E-state index contributed by atoms with van der Waals surface area (Å²) in [6, 6.07) is 12.6. The number of Topliss-reactive ketones (excluding diaryl/α,β-unsaturated/α-hetero) is 3. The van der Waals surface area contributed by atoms with Gasteiger partial charge in [0.25, 0.3) is 17.6 Å². The number of furan rings is 1. The number of fused-ring (bicyclic) bond motifs is 6. The number of anilines is 4. The van der Waals surface area contributed by atoms with Gasteiger partial charge in [-0.15, -0.1) is 0 Å². The van der Waals surface area contributed by atoms with E-state index in [0.29, 0.717) is 206 Å². The molecule has 6 aliphatic heterocycles. The number of hydrogen-bond acceptors (Lipinski definition) is 30. The summed E-state index contributed by atoms with van der Waals surface area (Å²) in [6.07, 6.45) is 19.4. The lowest BCUT2D eigenvalue weighted by Gasteiger charge is -2.42. The van der Waals surface area contributed by atoms with Gasteiger partial charge in [0, 0.05) is 179 Å². The highest BCUT2D eigenvalue weighted by Crippen LogP contribution is 2.41. The number of hydrogen-bond donors (Lipinski definition) is 4. The molecule has 714 valence electrons. The lowest BCUT2D eigenvalue weighted by Crippen LogP contribution is -2.61. The van der Waals surface area contributed by atoms with E-state index >= 15 is 0 Å². The van der Waals surface area contributed by atoms with Crippen LogP contribution in [0.25, 0.3) is 33.3 Å². The van der Waals surface area contributed by atoms with E-state index in [1.54, 1.807) is 78.8 Å². The first-order valence-corrected chi connectivity index (χ1v) is 47.1. The van der Waals surface area contributed by atoms with Crippen molar-refractivity contribution in [3.05, 3.63) is 149 Å². The zero-order valence-corrected chi connectivity index (χ0v) is 78.2. The molecule has 2 aromatic carbocycles. The average molecular weight is 1830 g/mol. The Labute approximate surface area is 776 Å². The molecule has 133 heavy (non-hydrogen) atoms. The Morgan fingerprint density at radius 3 is 2.19 bits per heavy atom. The normalized spacial score (nSPS) is 27.8. The number of aryl methyl sites for hydroxylation is 1. The zero-order chi connectivity index (χ0) is 94.3. The van der Waals surface area contributed by atoms with E-state index in [1.165, 1.54) is 23.9 Å².